The van der Waals surface area contributed by atoms with Crippen molar-refractivity contribution in [3.8, 4) is 0 Å². The van der Waals surface area contributed by atoms with E-state index in [9.17, 15) is 13.6 Å². The monoisotopic (exact) mass is 315 g/mol. The van der Waals surface area contributed by atoms with Gasteiger partial charge >= 0.3 is 5.97 Å². The summed E-state index contributed by atoms with van der Waals surface area (Å²) in [6.07, 6.45) is -1.05. The van der Waals surface area contributed by atoms with Gasteiger partial charge in [-0.2, -0.15) is 5.10 Å². The van der Waals surface area contributed by atoms with Crippen molar-refractivity contribution in [2.45, 2.75) is 31.3 Å². The first-order chi connectivity index (χ1) is 9.92. The Hall–Kier alpha value is -1.70. The largest absolute Gasteiger partial charge is 0.468 e. The lowest BCUT2D eigenvalue weighted by atomic mass is 10.2. The first kappa shape index (κ1) is 15.7. The van der Waals surface area contributed by atoms with Crippen LogP contribution in [0.1, 0.15) is 31.9 Å². The smallest absolute Gasteiger partial charge is 0.316 e. The molecular formula is C13H15F2N3O2S. The fourth-order valence-corrected chi connectivity index (χ4v) is 2.47. The van der Waals surface area contributed by atoms with E-state index in [1.807, 2.05) is 13.8 Å². The van der Waals surface area contributed by atoms with E-state index in [2.05, 4.69) is 14.8 Å². The molecule has 0 saturated heterocycles. The average molecular weight is 315 g/mol. The van der Waals surface area contributed by atoms with Gasteiger partial charge in [-0.1, -0.05) is 11.8 Å². The highest BCUT2D eigenvalue weighted by Crippen LogP contribution is 2.30. The number of carbonyl (C=O) groups is 1. The Balaban J connectivity index is 2.42. The van der Waals surface area contributed by atoms with Gasteiger partial charge < -0.3 is 4.74 Å². The van der Waals surface area contributed by atoms with Gasteiger partial charge in [0, 0.05) is 23.2 Å². The quantitative estimate of drug-likeness (QED) is 0.626. The van der Waals surface area contributed by atoms with Crippen molar-refractivity contribution in [3.05, 3.63) is 17.8 Å². The number of rotatable bonds is 5. The molecule has 0 unspecified atom stereocenters. The second-order valence-electron chi connectivity index (χ2n) is 4.66. The summed E-state index contributed by atoms with van der Waals surface area (Å²) in [5.41, 5.74) is 0.133. The first-order valence-electron chi connectivity index (χ1n) is 6.30. The first-order valence-corrected chi connectivity index (χ1v) is 7.28. The molecule has 8 heteroatoms. The lowest BCUT2D eigenvalue weighted by molar-refractivity contribution is -0.137. The summed E-state index contributed by atoms with van der Waals surface area (Å²) in [7, 11) is 1.27. The Bertz CT molecular complexity index is 658. The number of aromatic nitrogens is 3. The third kappa shape index (κ3) is 3.49. The minimum absolute atomic E-state index is 0.0164. The van der Waals surface area contributed by atoms with Crippen LogP contribution in [0.3, 0.4) is 0 Å². The molecule has 0 aromatic carbocycles. The number of carbonyl (C=O) groups excluding carboxylic acids is 1. The van der Waals surface area contributed by atoms with E-state index in [-0.39, 0.29) is 23.0 Å². The zero-order valence-electron chi connectivity index (χ0n) is 11.8. The van der Waals surface area contributed by atoms with Crippen LogP contribution >= 0.6 is 11.8 Å². The van der Waals surface area contributed by atoms with Crippen molar-refractivity contribution in [3.63, 3.8) is 0 Å². The summed E-state index contributed by atoms with van der Waals surface area (Å²) in [5, 5.41) is 4.87. The number of ether oxygens (including phenoxy) is 1. The molecule has 2 aromatic heterocycles. The molecule has 0 aliphatic carbocycles. The van der Waals surface area contributed by atoms with Crippen LogP contribution in [0.25, 0.3) is 11.0 Å². The maximum atomic E-state index is 13.2. The molecule has 2 heterocycles. The van der Waals surface area contributed by atoms with Crippen molar-refractivity contribution in [1.29, 1.82) is 0 Å². The van der Waals surface area contributed by atoms with Crippen LogP contribution in [0.4, 0.5) is 8.78 Å². The third-order valence-electron chi connectivity index (χ3n) is 2.85. The maximum Gasteiger partial charge on any atom is 0.316 e. The number of halogens is 2. The molecule has 2 aromatic rings. The summed E-state index contributed by atoms with van der Waals surface area (Å²) in [4.78, 5) is 15.3. The van der Waals surface area contributed by atoms with Crippen LogP contribution in [0.5, 0.6) is 0 Å². The van der Waals surface area contributed by atoms with Gasteiger partial charge in [-0.3, -0.25) is 9.48 Å². The van der Waals surface area contributed by atoms with Crippen molar-refractivity contribution in [2.75, 3.05) is 12.9 Å². The molecule has 0 atom stereocenters. The number of methoxy groups -OCH3 is 1. The Kier molecular flexibility index (Phi) is 4.76. The van der Waals surface area contributed by atoms with Gasteiger partial charge in [0.2, 0.25) is 0 Å². The predicted molar refractivity (Wildman–Crippen MR) is 75.6 cm³/mol. The standard InChI is InChI=1S/C13H15F2N3O2S/c1-7(2)18-5-9-8(12(14)15)4-10(16-13(9)17-18)21-6-11(19)20-3/h4-5,7,12H,6H2,1-3H3. The molecule has 114 valence electrons. The molecule has 0 N–H and O–H groups in total. The summed E-state index contributed by atoms with van der Waals surface area (Å²) < 4.78 is 32.5. The minimum atomic E-state index is -2.63. The van der Waals surface area contributed by atoms with E-state index in [4.69, 9.17) is 0 Å². The van der Waals surface area contributed by atoms with Gasteiger partial charge in [0.25, 0.3) is 6.43 Å². The number of fused-ring (bicyclic) bond motifs is 1. The van der Waals surface area contributed by atoms with Gasteiger partial charge in [-0.05, 0) is 19.9 Å². The Morgan fingerprint density at radius 1 is 1.48 bits per heavy atom. The molecule has 21 heavy (non-hydrogen) atoms. The molecule has 0 radical (unpaired) electrons. The molecule has 0 spiro atoms. The topological polar surface area (TPSA) is 57.0 Å². The van der Waals surface area contributed by atoms with Gasteiger partial charge in [0.1, 0.15) is 0 Å². The number of alkyl halides is 2. The fourth-order valence-electron chi connectivity index (χ4n) is 1.73. The zero-order valence-corrected chi connectivity index (χ0v) is 12.7. The summed E-state index contributed by atoms with van der Waals surface area (Å²) >= 11 is 1.05. The molecule has 0 aliphatic rings. The van der Waals surface area contributed by atoms with Crippen LogP contribution in [0.2, 0.25) is 0 Å². The normalized spacial score (nSPS) is 11.6. The molecular weight excluding hydrogens is 300 g/mol. The molecule has 0 saturated carbocycles. The Morgan fingerprint density at radius 3 is 2.76 bits per heavy atom. The van der Waals surface area contributed by atoms with Crippen LogP contribution in [-0.2, 0) is 9.53 Å². The van der Waals surface area contributed by atoms with Crippen molar-refractivity contribution >= 4 is 28.8 Å². The fraction of sp³-hybridized carbons (Fsp3) is 0.462. The summed E-state index contributed by atoms with van der Waals surface area (Å²) in [6, 6.07) is 1.35. The van der Waals surface area contributed by atoms with Crippen molar-refractivity contribution in [2.24, 2.45) is 0 Å². The highest BCUT2D eigenvalue weighted by Gasteiger charge is 2.18. The lowest BCUT2D eigenvalue weighted by Gasteiger charge is -2.04. The second-order valence-corrected chi connectivity index (χ2v) is 5.65. The van der Waals surface area contributed by atoms with E-state index in [1.165, 1.54) is 13.2 Å². The average Bonchev–Trinajstić information content (AvgIpc) is 2.87. The summed E-state index contributed by atoms with van der Waals surface area (Å²) in [5.74, 6) is -0.420. The Morgan fingerprint density at radius 2 is 2.19 bits per heavy atom. The van der Waals surface area contributed by atoms with Crippen LogP contribution in [0.15, 0.2) is 17.3 Å². The second kappa shape index (κ2) is 6.38. The van der Waals surface area contributed by atoms with Gasteiger partial charge in [-0.15, -0.1) is 0 Å². The van der Waals surface area contributed by atoms with Gasteiger partial charge in [0.15, 0.2) is 5.65 Å². The maximum absolute atomic E-state index is 13.2. The van der Waals surface area contributed by atoms with Crippen LogP contribution < -0.4 is 0 Å². The number of nitrogens with zero attached hydrogens (tertiary/aromatic N) is 3. The number of esters is 1. The highest BCUT2D eigenvalue weighted by molar-refractivity contribution is 7.99. The lowest BCUT2D eigenvalue weighted by Crippen LogP contribution is -2.03. The van der Waals surface area contributed by atoms with E-state index in [1.54, 1.807) is 10.9 Å². The number of hydrogen-bond donors (Lipinski definition) is 0. The summed E-state index contributed by atoms with van der Waals surface area (Å²) in [6.45, 7) is 3.81. The van der Waals surface area contributed by atoms with Crippen LogP contribution in [-0.4, -0.2) is 33.6 Å². The van der Waals surface area contributed by atoms with Crippen molar-refractivity contribution < 1.29 is 18.3 Å². The minimum Gasteiger partial charge on any atom is -0.468 e. The van der Waals surface area contributed by atoms with Gasteiger partial charge in [0.05, 0.1) is 17.9 Å². The van der Waals surface area contributed by atoms with E-state index in [0.29, 0.717) is 10.4 Å². The SMILES string of the molecule is COC(=O)CSc1cc(C(F)F)c2cn(C(C)C)nc2n1. The number of pyridine rings is 1. The molecule has 0 aliphatic heterocycles. The van der Waals surface area contributed by atoms with E-state index in [0.717, 1.165) is 11.8 Å². The zero-order chi connectivity index (χ0) is 15.6. The highest BCUT2D eigenvalue weighted by atomic mass is 32.2. The van der Waals surface area contributed by atoms with Crippen LogP contribution in [0, 0.1) is 0 Å². The Labute approximate surface area is 124 Å². The molecule has 2 rings (SSSR count). The third-order valence-corrected chi connectivity index (χ3v) is 3.73. The van der Waals surface area contributed by atoms with Crippen molar-refractivity contribution in [1.82, 2.24) is 14.8 Å². The molecule has 0 bridgehead atoms. The predicted octanol–water partition coefficient (Wildman–Crippen LogP) is 3.21. The molecule has 0 fully saturated rings. The van der Waals surface area contributed by atoms with Gasteiger partial charge in [-0.25, -0.2) is 13.8 Å². The molecule has 0 amide bonds. The van der Waals surface area contributed by atoms with E-state index >= 15 is 0 Å². The van der Waals surface area contributed by atoms with E-state index < -0.39 is 12.4 Å². The number of hydrogen-bond acceptors (Lipinski definition) is 5. The molecule has 5 nitrogen and oxygen atoms in total. The number of thioether (sulfide) groups is 1.